The number of hydrogen-bond acceptors (Lipinski definition) is 5. The second-order valence-corrected chi connectivity index (χ2v) is 5.90. The second kappa shape index (κ2) is 5.91. The number of carboxylic acids is 1. The van der Waals surface area contributed by atoms with Gasteiger partial charge in [-0.1, -0.05) is 11.6 Å². The summed E-state index contributed by atoms with van der Waals surface area (Å²) in [5, 5.41) is 11.0. The maximum absolute atomic E-state index is 12.0. The molecule has 0 bridgehead atoms. The third-order valence-electron chi connectivity index (χ3n) is 2.34. The van der Waals surface area contributed by atoms with Crippen LogP contribution in [0.5, 0.6) is 5.75 Å². The molecular formula is C12H15NO6S. The van der Waals surface area contributed by atoms with Gasteiger partial charge >= 0.3 is 16.1 Å². The molecule has 1 aromatic carbocycles. The van der Waals surface area contributed by atoms with Crippen LogP contribution in [0, 0.1) is 6.92 Å². The highest BCUT2D eigenvalue weighted by Gasteiger charge is 2.20. The molecule has 0 heterocycles. The van der Waals surface area contributed by atoms with Crippen molar-refractivity contribution in [3.8, 4) is 5.75 Å². The molecule has 0 aliphatic carbocycles. The Hall–Kier alpha value is -2.09. The Morgan fingerprint density at radius 1 is 1.35 bits per heavy atom. The number of amides is 1. The van der Waals surface area contributed by atoms with Gasteiger partial charge in [0, 0.05) is 0 Å². The van der Waals surface area contributed by atoms with E-state index in [1.165, 1.54) is 19.1 Å². The first-order chi connectivity index (χ1) is 9.10. The van der Waals surface area contributed by atoms with Crippen LogP contribution in [0.1, 0.15) is 22.8 Å². The van der Waals surface area contributed by atoms with Crippen LogP contribution in [0.4, 0.5) is 0 Å². The minimum Gasteiger partial charge on any atom is -0.480 e. The first kappa shape index (κ1) is 16.0. The predicted octanol–water partition coefficient (Wildman–Crippen LogP) is 0.536. The van der Waals surface area contributed by atoms with Crippen LogP contribution < -0.4 is 9.50 Å². The molecule has 0 unspecified atom stereocenters. The third kappa shape index (κ3) is 4.54. The molecule has 0 aliphatic rings. The van der Waals surface area contributed by atoms with Gasteiger partial charge in [-0.05, 0) is 26.0 Å². The van der Waals surface area contributed by atoms with Crippen molar-refractivity contribution in [3.63, 3.8) is 0 Å². The lowest BCUT2D eigenvalue weighted by molar-refractivity contribution is -0.138. The van der Waals surface area contributed by atoms with E-state index >= 15 is 0 Å². The van der Waals surface area contributed by atoms with Gasteiger partial charge in [-0.3, -0.25) is 9.59 Å². The van der Waals surface area contributed by atoms with Crippen molar-refractivity contribution in [2.24, 2.45) is 0 Å². The summed E-state index contributed by atoms with van der Waals surface area (Å²) in [5.74, 6) is -2.06. The van der Waals surface area contributed by atoms with E-state index in [0.29, 0.717) is 5.56 Å². The Kier molecular flexibility index (Phi) is 4.72. The lowest BCUT2D eigenvalue weighted by Crippen LogP contribution is -2.38. The summed E-state index contributed by atoms with van der Waals surface area (Å²) in [6.07, 6.45) is 0.856. The van der Waals surface area contributed by atoms with Crippen molar-refractivity contribution in [1.29, 1.82) is 0 Å². The smallest absolute Gasteiger partial charge is 0.325 e. The summed E-state index contributed by atoms with van der Waals surface area (Å²) in [4.78, 5) is 22.7. The Labute approximate surface area is 116 Å². The molecule has 0 aliphatic heterocycles. The predicted molar refractivity (Wildman–Crippen MR) is 71.2 cm³/mol. The van der Waals surface area contributed by atoms with Crippen LogP contribution in [0.25, 0.3) is 0 Å². The minimum absolute atomic E-state index is 0.0384. The summed E-state index contributed by atoms with van der Waals surface area (Å²) in [7, 11) is -3.79. The number of carboxylic acid groups (broad SMARTS) is 1. The zero-order valence-corrected chi connectivity index (χ0v) is 12.0. The fraction of sp³-hybridized carbons (Fsp3) is 0.333. The maximum atomic E-state index is 12.0. The van der Waals surface area contributed by atoms with E-state index in [9.17, 15) is 18.0 Å². The zero-order chi connectivity index (χ0) is 15.5. The van der Waals surface area contributed by atoms with Crippen molar-refractivity contribution in [2.45, 2.75) is 19.9 Å². The van der Waals surface area contributed by atoms with Crippen molar-refractivity contribution >= 4 is 22.0 Å². The Balaban J connectivity index is 3.12. The molecule has 0 radical (unpaired) electrons. The topological polar surface area (TPSA) is 110 Å². The molecule has 0 spiro atoms. The lowest BCUT2D eigenvalue weighted by atomic mass is 10.1. The highest BCUT2D eigenvalue weighted by Crippen LogP contribution is 2.21. The summed E-state index contributed by atoms with van der Waals surface area (Å²) in [5.41, 5.74) is 0.669. The van der Waals surface area contributed by atoms with E-state index in [4.69, 9.17) is 9.29 Å². The second-order valence-electron chi connectivity index (χ2n) is 4.32. The Morgan fingerprint density at radius 2 is 1.95 bits per heavy atom. The zero-order valence-electron chi connectivity index (χ0n) is 11.2. The van der Waals surface area contributed by atoms with Crippen LogP contribution in [-0.4, -0.2) is 37.7 Å². The highest BCUT2D eigenvalue weighted by molar-refractivity contribution is 7.86. The van der Waals surface area contributed by atoms with Gasteiger partial charge in [-0.2, -0.15) is 8.42 Å². The van der Waals surface area contributed by atoms with E-state index in [1.807, 2.05) is 0 Å². The SMILES string of the molecule is Cc1ccc(OS(C)(=O)=O)c(C(=O)N[C@H](C)C(=O)O)c1. The van der Waals surface area contributed by atoms with Crippen LogP contribution in [-0.2, 0) is 14.9 Å². The fourth-order valence-corrected chi connectivity index (χ4v) is 1.86. The number of hydrogen-bond donors (Lipinski definition) is 2. The number of nitrogens with one attached hydrogen (secondary N) is 1. The Morgan fingerprint density at radius 3 is 2.45 bits per heavy atom. The van der Waals surface area contributed by atoms with Crippen LogP contribution in [0.15, 0.2) is 18.2 Å². The van der Waals surface area contributed by atoms with Gasteiger partial charge in [0.1, 0.15) is 6.04 Å². The van der Waals surface area contributed by atoms with Gasteiger partial charge < -0.3 is 14.6 Å². The quantitative estimate of drug-likeness (QED) is 0.768. The summed E-state index contributed by atoms with van der Waals surface area (Å²) in [6.45, 7) is 3.01. The number of aliphatic carboxylic acids is 1. The average molecular weight is 301 g/mol. The number of rotatable bonds is 5. The van der Waals surface area contributed by atoms with Gasteiger partial charge in [-0.25, -0.2) is 0 Å². The number of carbonyl (C=O) groups is 2. The van der Waals surface area contributed by atoms with E-state index in [0.717, 1.165) is 6.26 Å². The monoisotopic (exact) mass is 301 g/mol. The van der Waals surface area contributed by atoms with E-state index < -0.39 is 28.0 Å². The largest absolute Gasteiger partial charge is 0.480 e. The number of benzene rings is 1. The van der Waals surface area contributed by atoms with Gasteiger partial charge in [0.05, 0.1) is 11.8 Å². The molecule has 1 aromatic rings. The van der Waals surface area contributed by atoms with Gasteiger partial charge in [0.15, 0.2) is 5.75 Å². The van der Waals surface area contributed by atoms with Crippen LogP contribution >= 0.6 is 0 Å². The molecule has 0 saturated carbocycles. The highest BCUT2D eigenvalue weighted by atomic mass is 32.2. The molecule has 110 valence electrons. The molecule has 1 amide bonds. The molecule has 7 nitrogen and oxygen atoms in total. The molecule has 0 saturated heterocycles. The fourth-order valence-electron chi connectivity index (χ4n) is 1.39. The van der Waals surface area contributed by atoms with Crippen LogP contribution in [0.3, 0.4) is 0 Å². The number of carbonyl (C=O) groups excluding carboxylic acids is 1. The van der Waals surface area contributed by atoms with Gasteiger partial charge in [0.25, 0.3) is 5.91 Å². The lowest BCUT2D eigenvalue weighted by Gasteiger charge is -2.13. The summed E-state index contributed by atoms with van der Waals surface area (Å²) in [6, 6.07) is 3.24. The van der Waals surface area contributed by atoms with Gasteiger partial charge in [-0.15, -0.1) is 0 Å². The third-order valence-corrected chi connectivity index (χ3v) is 2.82. The molecule has 8 heteroatoms. The molecule has 20 heavy (non-hydrogen) atoms. The normalized spacial score (nSPS) is 12.6. The Bertz CT molecular complexity index is 637. The summed E-state index contributed by atoms with van der Waals surface area (Å²) >= 11 is 0. The maximum Gasteiger partial charge on any atom is 0.325 e. The number of aryl methyl sites for hydroxylation is 1. The molecular weight excluding hydrogens is 286 g/mol. The van der Waals surface area contributed by atoms with E-state index in [2.05, 4.69) is 5.32 Å². The van der Waals surface area contributed by atoms with Crippen LogP contribution in [0.2, 0.25) is 0 Å². The molecule has 1 atom stereocenters. The summed E-state index contributed by atoms with van der Waals surface area (Å²) < 4.78 is 27.0. The van der Waals surface area contributed by atoms with E-state index in [1.54, 1.807) is 13.0 Å². The van der Waals surface area contributed by atoms with Crippen molar-refractivity contribution < 1.29 is 27.3 Å². The minimum atomic E-state index is -3.79. The van der Waals surface area contributed by atoms with Crippen molar-refractivity contribution in [1.82, 2.24) is 5.32 Å². The van der Waals surface area contributed by atoms with E-state index in [-0.39, 0.29) is 11.3 Å². The standard InChI is InChI=1S/C12H15NO6S/c1-7-4-5-10(19-20(3,17)18)9(6-7)11(14)13-8(2)12(15)16/h4-6,8H,1-3H3,(H,13,14)(H,15,16)/t8-/m1/s1. The molecule has 1 rings (SSSR count). The first-order valence-corrected chi connectivity index (χ1v) is 7.45. The van der Waals surface area contributed by atoms with Gasteiger partial charge in [0.2, 0.25) is 0 Å². The first-order valence-electron chi connectivity index (χ1n) is 5.64. The molecule has 0 fully saturated rings. The van der Waals surface area contributed by atoms with Crippen molar-refractivity contribution in [3.05, 3.63) is 29.3 Å². The average Bonchev–Trinajstić information content (AvgIpc) is 2.29. The van der Waals surface area contributed by atoms with Crippen molar-refractivity contribution in [2.75, 3.05) is 6.26 Å². The molecule has 0 aromatic heterocycles. The molecule has 2 N–H and O–H groups in total.